The van der Waals surface area contributed by atoms with Crippen molar-refractivity contribution in [2.24, 2.45) is 0 Å². The van der Waals surface area contributed by atoms with Crippen LogP contribution in [-0.2, 0) is 9.53 Å². The van der Waals surface area contributed by atoms with Crippen LogP contribution in [0.3, 0.4) is 0 Å². The smallest absolute Gasteiger partial charge is 0.224 e. The first-order valence-corrected chi connectivity index (χ1v) is 6.90. The Morgan fingerprint density at radius 3 is 2.84 bits per heavy atom. The fourth-order valence-corrected chi connectivity index (χ4v) is 2.33. The molecule has 0 bridgehead atoms. The van der Waals surface area contributed by atoms with Crippen LogP contribution < -0.4 is 5.32 Å². The third-order valence-corrected chi connectivity index (χ3v) is 3.44. The molecule has 1 fully saturated rings. The number of aryl methyl sites for hydroxylation is 1. The Bertz CT molecular complexity index is 445. The summed E-state index contributed by atoms with van der Waals surface area (Å²) < 4.78 is 5.23. The number of carbonyl (C=O) groups excluding carboxylic acids is 1. The van der Waals surface area contributed by atoms with E-state index < -0.39 is 0 Å². The molecule has 1 saturated heterocycles. The summed E-state index contributed by atoms with van der Waals surface area (Å²) in [6, 6.07) is 5.70. The van der Waals surface area contributed by atoms with Gasteiger partial charge in [0.25, 0.3) is 0 Å². The number of nitrogens with one attached hydrogen (secondary N) is 1. The van der Waals surface area contributed by atoms with Crippen molar-refractivity contribution in [1.29, 1.82) is 0 Å². The van der Waals surface area contributed by atoms with E-state index in [1.807, 2.05) is 30.0 Å². The summed E-state index contributed by atoms with van der Waals surface area (Å²) in [6.07, 6.45) is 0.502. The van der Waals surface area contributed by atoms with Gasteiger partial charge in [-0.3, -0.25) is 4.79 Å². The van der Waals surface area contributed by atoms with Gasteiger partial charge in [0, 0.05) is 36.8 Å². The number of hydrogen-bond acceptors (Lipinski definition) is 3. The van der Waals surface area contributed by atoms with Gasteiger partial charge in [-0.05, 0) is 30.7 Å². The van der Waals surface area contributed by atoms with Gasteiger partial charge in [-0.1, -0.05) is 11.6 Å². The first kappa shape index (κ1) is 14.2. The largest absolute Gasteiger partial charge is 0.384 e. The fraction of sp³-hybridized carbons (Fsp3) is 0.500. The number of anilines is 1. The van der Waals surface area contributed by atoms with Crippen molar-refractivity contribution in [3.05, 3.63) is 28.8 Å². The molecule has 0 aliphatic carbocycles. The average molecular weight is 283 g/mol. The summed E-state index contributed by atoms with van der Waals surface area (Å²) in [5, 5.41) is 4.00. The number of halogens is 1. The summed E-state index contributed by atoms with van der Waals surface area (Å²) in [5.74, 6) is 0.183. The third-order valence-electron chi connectivity index (χ3n) is 3.21. The van der Waals surface area contributed by atoms with Gasteiger partial charge in [-0.15, -0.1) is 0 Å². The molecule has 0 spiro atoms. The molecule has 1 aliphatic heterocycles. The predicted molar refractivity (Wildman–Crippen MR) is 76.7 cm³/mol. The van der Waals surface area contributed by atoms with Crippen LogP contribution in [-0.4, -0.2) is 43.7 Å². The SMILES string of the molecule is Cc1cc(Cl)ccc1NCCC(=O)N1CCOCC1. The summed E-state index contributed by atoms with van der Waals surface area (Å²) in [5.41, 5.74) is 2.12. The summed E-state index contributed by atoms with van der Waals surface area (Å²) >= 11 is 5.90. The van der Waals surface area contributed by atoms with E-state index in [4.69, 9.17) is 16.3 Å². The number of hydrogen-bond donors (Lipinski definition) is 1. The zero-order chi connectivity index (χ0) is 13.7. The molecule has 1 N–H and O–H groups in total. The molecule has 0 saturated carbocycles. The Kier molecular flexibility index (Phi) is 5.05. The van der Waals surface area contributed by atoms with E-state index >= 15 is 0 Å². The number of nitrogens with zero attached hydrogens (tertiary/aromatic N) is 1. The minimum absolute atomic E-state index is 0.183. The first-order chi connectivity index (χ1) is 9.16. The highest BCUT2D eigenvalue weighted by atomic mass is 35.5. The lowest BCUT2D eigenvalue weighted by Crippen LogP contribution is -2.41. The fourth-order valence-electron chi connectivity index (χ4n) is 2.10. The molecule has 2 rings (SSSR count). The molecule has 104 valence electrons. The minimum Gasteiger partial charge on any atom is -0.384 e. The molecule has 1 aliphatic rings. The van der Waals surface area contributed by atoms with E-state index in [9.17, 15) is 4.79 Å². The van der Waals surface area contributed by atoms with Gasteiger partial charge in [0.05, 0.1) is 13.2 Å². The standard InChI is InChI=1S/C14H19ClN2O2/c1-11-10-12(15)2-3-13(11)16-5-4-14(18)17-6-8-19-9-7-17/h2-3,10,16H,4-9H2,1H3. The van der Waals surface area contributed by atoms with Crippen molar-refractivity contribution >= 4 is 23.2 Å². The van der Waals surface area contributed by atoms with Gasteiger partial charge in [0.2, 0.25) is 5.91 Å². The average Bonchev–Trinajstić information content (AvgIpc) is 2.42. The Morgan fingerprint density at radius 1 is 1.42 bits per heavy atom. The molecule has 19 heavy (non-hydrogen) atoms. The molecule has 1 aromatic carbocycles. The molecule has 1 amide bonds. The normalized spacial score (nSPS) is 15.4. The highest BCUT2D eigenvalue weighted by Gasteiger charge is 2.15. The van der Waals surface area contributed by atoms with Crippen LogP contribution in [0.5, 0.6) is 0 Å². The van der Waals surface area contributed by atoms with Crippen molar-refractivity contribution in [3.8, 4) is 0 Å². The molecule has 0 radical (unpaired) electrons. The molecular weight excluding hydrogens is 264 g/mol. The van der Waals surface area contributed by atoms with E-state index in [0.717, 1.165) is 16.3 Å². The molecule has 1 heterocycles. The van der Waals surface area contributed by atoms with E-state index in [-0.39, 0.29) is 5.91 Å². The second kappa shape index (κ2) is 6.78. The van der Waals surface area contributed by atoms with E-state index in [0.29, 0.717) is 39.3 Å². The van der Waals surface area contributed by atoms with Gasteiger partial charge >= 0.3 is 0 Å². The van der Waals surface area contributed by atoms with Gasteiger partial charge in [-0.2, -0.15) is 0 Å². The summed E-state index contributed by atoms with van der Waals surface area (Å²) in [7, 11) is 0. The quantitative estimate of drug-likeness (QED) is 0.921. The molecule has 0 atom stereocenters. The van der Waals surface area contributed by atoms with Gasteiger partial charge in [-0.25, -0.2) is 0 Å². The summed E-state index contributed by atoms with van der Waals surface area (Å²) in [6.45, 7) is 5.35. The van der Waals surface area contributed by atoms with Crippen molar-refractivity contribution < 1.29 is 9.53 Å². The second-order valence-electron chi connectivity index (χ2n) is 4.63. The lowest BCUT2D eigenvalue weighted by Gasteiger charge is -2.27. The van der Waals surface area contributed by atoms with Crippen molar-refractivity contribution in [2.75, 3.05) is 38.2 Å². The maximum Gasteiger partial charge on any atom is 0.224 e. The number of morpholine rings is 1. The summed E-state index contributed by atoms with van der Waals surface area (Å²) in [4.78, 5) is 13.8. The van der Waals surface area contributed by atoms with Crippen LogP contribution in [0.4, 0.5) is 5.69 Å². The minimum atomic E-state index is 0.183. The Labute approximate surface area is 118 Å². The van der Waals surface area contributed by atoms with Crippen LogP contribution in [0, 0.1) is 6.92 Å². The van der Waals surface area contributed by atoms with Gasteiger partial charge < -0.3 is 15.0 Å². The van der Waals surface area contributed by atoms with E-state index in [2.05, 4.69) is 5.32 Å². The Balaban J connectivity index is 1.78. The van der Waals surface area contributed by atoms with Crippen molar-refractivity contribution in [1.82, 2.24) is 4.90 Å². The van der Waals surface area contributed by atoms with E-state index in [1.165, 1.54) is 0 Å². The number of amides is 1. The topological polar surface area (TPSA) is 41.6 Å². The lowest BCUT2D eigenvalue weighted by atomic mass is 10.2. The zero-order valence-corrected chi connectivity index (χ0v) is 11.9. The zero-order valence-electron chi connectivity index (χ0n) is 11.1. The number of benzene rings is 1. The maximum absolute atomic E-state index is 11.9. The first-order valence-electron chi connectivity index (χ1n) is 6.52. The van der Waals surface area contributed by atoms with Crippen LogP contribution in [0.2, 0.25) is 5.02 Å². The number of carbonyl (C=O) groups is 1. The third kappa shape index (κ3) is 4.11. The van der Waals surface area contributed by atoms with E-state index in [1.54, 1.807) is 0 Å². The van der Waals surface area contributed by atoms with Crippen LogP contribution in [0.15, 0.2) is 18.2 Å². The number of rotatable bonds is 4. The highest BCUT2D eigenvalue weighted by molar-refractivity contribution is 6.30. The molecule has 0 aromatic heterocycles. The maximum atomic E-state index is 11.9. The molecule has 5 heteroatoms. The Morgan fingerprint density at radius 2 is 2.16 bits per heavy atom. The van der Waals surface area contributed by atoms with Crippen molar-refractivity contribution in [2.45, 2.75) is 13.3 Å². The molecule has 0 unspecified atom stereocenters. The van der Waals surface area contributed by atoms with Crippen LogP contribution >= 0.6 is 11.6 Å². The van der Waals surface area contributed by atoms with Crippen LogP contribution in [0.25, 0.3) is 0 Å². The van der Waals surface area contributed by atoms with Gasteiger partial charge in [0.15, 0.2) is 0 Å². The molecule has 4 nitrogen and oxygen atoms in total. The van der Waals surface area contributed by atoms with Crippen LogP contribution in [0.1, 0.15) is 12.0 Å². The number of ether oxygens (including phenoxy) is 1. The highest BCUT2D eigenvalue weighted by Crippen LogP contribution is 2.19. The Hall–Kier alpha value is -1.26. The monoisotopic (exact) mass is 282 g/mol. The second-order valence-corrected chi connectivity index (χ2v) is 5.07. The molecular formula is C14H19ClN2O2. The molecule has 1 aromatic rings. The lowest BCUT2D eigenvalue weighted by molar-refractivity contribution is -0.134. The predicted octanol–water partition coefficient (Wildman–Crippen LogP) is 2.31. The van der Waals surface area contributed by atoms with Gasteiger partial charge in [0.1, 0.15) is 0 Å². The van der Waals surface area contributed by atoms with Crippen molar-refractivity contribution in [3.63, 3.8) is 0 Å².